The summed E-state index contributed by atoms with van der Waals surface area (Å²) < 4.78 is 5.76. The number of aliphatic hydroxyl groups is 1. The Balaban J connectivity index is 1.69. The van der Waals surface area contributed by atoms with Crippen molar-refractivity contribution >= 4 is 11.6 Å². The van der Waals surface area contributed by atoms with Crippen molar-refractivity contribution in [3.05, 3.63) is 35.2 Å². The average molecular weight is 322 g/mol. The molecule has 0 aliphatic heterocycles. The first kappa shape index (κ1) is 15.5. The van der Waals surface area contributed by atoms with Gasteiger partial charge in [0.2, 0.25) is 11.8 Å². The molecule has 1 fully saturated rings. The van der Waals surface area contributed by atoms with Crippen LogP contribution in [0.25, 0.3) is 11.5 Å². The molecule has 2 aromatic rings. The molecule has 0 spiro atoms. The lowest BCUT2D eigenvalue weighted by molar-refractivity contribution is 0.0852. The van der Waals surface area contributed by atoms with Crippen molar-refractivity contribution in [1.82, 2.24) is 15.1 Å². The summed E-state index contributed by atoms with van der Waals surface area (Å²) in [6.07, 6.45) is 1.98. The van der Waals surface area contributed by atoms with Gasteiger partial charge in [0.05, 0.1) is 12.1 Å². The van der Waals surface area contributed by atoms with Crippen LogP contribution in [-0.2, 0) is 0 Å². The normalized spacial score (nSPS) is 17.7. The highest BCUT2D eigenvalue weighted by Gasteiger charge is 2.31. The summed E-state index contributed by atoms with van der Waals surface area (Å²) in [4.78, 5) is 2.04. The second-order valence-electron chi connectivity index (χ2n) is 5.98. The molecule has 1 saturated carbocycles. The number of hydrogen-bond acceptors (Lipinski definition) is 5. The second-order valence-corrected chi connectivity index (χ2v) is 6.41. The number of benzene rings is 1. The molecular formula is C16H20ClN3O2. The Morgan fingerprint density at radius 3 is 2.86 bits per heavy atom. The van der Waals surface area contributed by atoms with Crippen LogP contribution in [0.1, 0.15) is 31.7 Å². The van der Waals surface area contributed by atoms with Crippen LogP contribution in [0.4, 0.5) is 0 Å². The molecule has 2 atom stereocenters. The first-order valence-corrected chi connectivity index (χ1v) is 7.90. The fourth-order valence-corrected chi connectivity index (χ4v) is 2.60. The van der Waals surface area contributed by atoms with Gasteiger partial charge in [0, 0.05) is 17.1 Å². The fourth-order valence-electron chi connectivity index (χ4n) is 2.41. The third kappa shape index (κ3) is 3.48. The fraction of sp³-hybridized carbons (Fsp3) is 0.500. The molecule has 0 radical (unpaired) electrons. The van der Waals surface area contributed by atoms with Crippen molar-refractivity contribution in [2.75, 3.05) is 13.6 Å². The molecule has 22 heavy (non-hydrogen) atoms. The molecule has 1 aromatic heterocycles. The molecule has 3 rings (SSSR count). The van der Waals surface area contributed by atoms with E-state index in [9.17, 15) is 5.11 Å². The zero-order chi connectivity index (χ0) is 15.7. The van der Waals surface area contributed by atoms with Gasteiger partial charge in [-0.2, -0.15) is 0 Å². The lowest BCUT2D eigenvalue weighted by Crippen LogP contribution is -2.32. The van der Waals surface area contributed by atoms with Crippen molar-refractivity contribution < 1.29 is 9.52 Å². The monoisotopic (exact) mass is 321 g/mol. The highest BCUT2D eigenvalue weighted by atomic mass is 35.5. The maximum absolute atomic E-state index is 10.0. The number of likely N-dealkylation sites (N-methyl/N-ethyl adjacent to an activating group) is 1. The van der Waals surface area contributed by atoms with Gasteiger partial charge in [-0.1, -0.05) is 17.7 Å². The SMILES string of the molecule is CC(c1nnc(-c2cccc(Cl)c2)o1)N(C)CC(O)C1CC1. The van der Waals surface area contributed by atoms with Gasteiger partial charge in [0.25, 0.3) is 0 Å². The zero-order valence-corrected chi connectivity index (χ0v) is 13.5. The lowest BCUT2D eigenvalue weighted by atomic mass is 10.2. The molecule has 118 valence electrons. The van der Waals surface area contributed by atoms with E-state index in [1.807, 2.05) is 31.0 Å². The largest absolute Gasteiger partial charge is 0.419 e. The summed E-state index contributed by atoms with van der Waals surface area (Å²) in [6, 6.07) is 7.29. The minimum atomic E-state index is -0.275. The number of aliphatic hydroxyl groups excluding tert-OH is 1. The quantitative estimate of drug-likeness (QED) is 0.885. The molecule has 5 nitrogen and oxygen atoms in total. The molecule has 6 heteroatoms. The molecule has 1 aliphatic carbocycles. The van der Waals surface area contributed by atoms with Gasteiger partial charge in [0.15, 0.2) is 0 Å². The molecular weight excluding hydrogens is 302 g/mol. The molecule has 1 aliphatic rings. The minimum absolute atomic E-state index is 0.0474. The Hall–Kier alpha value is -1.43. The Labute approximate surface area is 134 Å². The summed E-state index contributed by atoms with van der Waals surface area (Å²) in [5, 5.41) is 18.9. The van der Waals surface area contributed by atoms with E-state index < -0.39 is 0 Å². The van der Waals surface area contributed by atoms with Crippen LogP contribution in [0.5, 0.6) is 0 Å². The van der Waals surface area contributed by atoms with Crippen LogP contribution in [0.15, 0.2) is 28.7 Å². The van der Waals surface area contributed by atoms with E-state index in [-0.39, 0.29) is 12.1 Å². The maximum atomic E-state index is 10.0. The van der Waals surface area contributed by atoms with Gasteiger partial charge >= 0.3 is 0 Å². The van der Waals surface area contributed by atoms with Crippen molar-refractivity contribution in [3.8, 4) is 11.5 Å². The first-order valence-electron chi connectivity index (χ1n) is 7.52. The van der Waals surface area contributed by atoms with Gasteiger partial charge in [-0.3, -0.25) is 4.90 Å². The van der Waals surface area contributed by atoms with Crippen molar-refractivity contribution in [2.45, 2.75) is 31.9 Å². The number of hydrogen-bond donors (Lipinski definition) is 1. The Morgan fingerprint density at radius 2 is 2.18 bits per heavy atom. The van der Waals surface area contributed by atoms with Crippen molar-refractivity contribution in [3.63, 3.8) is 0 Å². The standard InChI is InChI=1S/C16H20ClN3O2/c1-10(20(2)9-14(21)11-6-7-11)15-18-19-16(22-15)12-4-3-5-13(17)8-12/h3-5,8,10-11,14,21H,6-7,9H2,1-2H3. The van der Waals surface area contributed by atoms with Gasteiger partial charge in [-0.25, -0.2) is 0 Å². The summed E-state index contributed by atoms with van der Waals surface area (Å²) in [5.74, 6) is 1.46. The molecule has 0 saturated heterocycles. The molecule has 0 amide bonds. The van der Waals surface area contributed by atoms with Crippen LogP contribution in [0.2, 0.25) is 5.02 Å². The molecule has 0 bridgehead atoms. The van der Waals surface area contributed by atoms with Gasteiger partial charge in [-0.05, 0) is 50.9 Å². The van der Waals surface area contributed by atoms with Crippen LogP contribution in [-0.4, -0.2) is 39.9 Å². The summed E-state index contributed by atoms with van der Waals surface area (Å²) in [6.45, 7) is 2.61. The summed E-state index contributed by atoms with van der Waals surface area (Å²) in [7, 11) is 1.96. The summed E-state index contributed by atoms with van der Waals surface area (Å²) >= 11 is 5.98. The van der Waals surface area contributed by atoms with E-state index in [2.05, 4.69) is 10.2 Å². The van der Waals surface area contributed by atoms with E-state index in [1.165, 1.54) is 0 Å². The maximum Gasteiger partial charge on any atom is 0.247 e. The van der Waals surface area contributed by atoms with E-state index in [4.69, 9.17) is 16.0 Å². The highest BCUT2D eigenvalue weighted by molar-refractivity contribution is 6.30. The average Bonchev–Trinajstić information content (AvgIpc) is 3.24. The van der Waals surface area contributed by atoms with Crippen LogP contribution in [0.3, 0.4) is 0 Å². The predicted molar refractivity (Wildman–Crippen MR) is 84.5 cm³/mol. The smallest absolute Gasteiger partial charge is 0.247 e. The molecule has 1 N–H and O–H groups in total. The number of rotatable bonds is 6. The minimum Gasteiger partial charge on any atom is -0.419 e. The highest BCUT2D eigenvalue weighted by Crippen LogP contribution is 2.33. The Bertz CT molecular complexity index is 642. The first-order chi connectivity index (χ1) is 10.5. The van der Waals surface area contributed by atoms with Gasteiger partial charge < -0.3 is 9.52 Å². The van der Waals surface area contributed by atoms with Crippen molar-refractivity contribution in [2.24, 2.45) is 5.92 Å². The lowest BCUT2D eigenvalue weighted by Gasteiger charge is -2.24. The van der Waals surface area contributed by atoms with Crippen molar-refractivity contribution in [1.29, 1.82) is 0 Å². The third-order valence-electron chi connectivity index (χ3n) is 4.17. The molecule has 1 aromatic carbocycles. The summed E-state index contributed by atoms with van der Waals surface area (Å²) in [5.41, 5.74) is 0.805. The number of nitrogens with zero attached hydrogens (tertiary/aromatic N) is 3. The van der Waals surface area contributed by atoms with Crippen LogP contribution >= 0.6 is 11.6 Å². The van der Waals surface area contributed by atoms with E-state index in [0.29, 0.717) is 29.3 Å². The predicted octanol–water partition coefficient (Wildman–Crippen LogP) is 3.15. The van der Waals surface area contributed by atoms with Crippen LogP contribution < -0.4 is 0 Å². The van der Waals surface area contributed by atoms with E-state index in [0.717, 1.165) is 18.4 Å². The topological polar surface area (TPSA) is 62.4 Å². The Morgan fingerprint density at radius 1 is 1.41 bits per heavy atom. The number of aromatic nitrogens is 2. The van der Waals surface area contributed by atoms with Gasteiger partial charge in [0.1, 0.15) is 0 Å². The van der Waals surface area contributed by atoms with Gasteiger partial charge in [-0.15, -0.1) is 10.2 Å². The zero-order valence-electron chi connectivity index (χ0n) is 12.7. The van der Waals surface area contributed by atoms with E-state index >= 15 is 0 Å². The third-order valence-corrected chi connectivity index (χ3v) is 4.41. The van der Waals surface area contributed by atoms with E-state index in [1.54, 1.807) is 12.1 Å². The second kappa shape index (κ2) is 6.36. The molecule has 2 unspecified atom stereocenters. The number of halogens is 1. The molecule has 1 heterocycles. The van der Waals surface area contributed by atoms with Crippen LogP contribution in [0, 0.1) is 5.92 Å². The Kier molecular flexibility index (Phi) is 4.47.